The van der Waals surface area contributed by atoms with E-state index in [1.807, 2.05) is 31.2 Å². The average molecular weight is 412 g/mol. The molecule has 0 aliphatic heterocycles. The van der Waals surface area contributed by atoms with Crippen LogP contribution in [0.4, 0.5) is 5.69 Å². The first-order valence-electron chi connectivity index (χ1n) is 8.46. The van der Waals surface area contributed by atoms with Crippen molar-refractivity contribution in [2.75, 3.05) is 5.75 Å². The van der Waals surface area contributed by atoms with E-state index in [9.17, 15) is 14.9 Å². The highest BCUT2D eigenvalue weighted by atomic mass is 32.2. The van der Waals surface area contributed by atoms with Crippen molar-refractivity contribution in [2.45, 2.75) is 24.8 Å². The summed E-state index contributed by atoms with van der Waals surface area (Å²) in [5, 5.41) is 11.0. The normalized spacial score (nSPS) is 11.5. The minimum absolute atomic E-state index is 0.0246. The van der Waals surface area contributed by atoms with Crippen LogP contribution >= 0.6 is 23.1 Å². The molecular weight excluding hydrogens is 394 g/mol. The van der Waals surface area contributed by atoms with E-state index < -0.39 is 4.92 Å². The Hall–Kier alpha value is -2.89. The zero-order chi connectivity index (χ0) is 20.1. The molecule has 0 atom stereocenters. The Kier molecular flexibility index (Phi) is 6.29. The number of nitrogens with zero attached hydrogens (tertiary/aromatic N) is 3. The highest BCUT2D eigenvalue weighted by Gasteiger charge is 2.12. The molecule has 6 nitrogen and oxygen atoms in total. The predicted molar refractivity (Wildman–Crippen MR) is 112 cm³/mol. The van der Waals surface area contributed by atoms with Gasteiger partial charge in [0.05, 0.1) is 21.7 Å². The van der Waals surface area contributed by atoms with Crippen molar-refractivity contribution in [3.8, 4) is 12.3 Å². The molecule has 0 unspecified atom stereocenters. The van der Waals surface area contributed by atoms with Crippen LogP contribution in [-0.4, -0.2) is 21.2 Å². The highest BCUT2D eigenvalue weighted by Crippen LogP contribution is 2.23. The van der Waals surface area contributed by atoms with E-state index in [4.69, 9.17) is 6.42 Å². The third kappa shape index (κ3) is 4.68. The molecular formula is C20H17N3O3S2. The summed E-state index contributed by atoms with van der Waals surface area (Å²) in [7, 11) is 0. The van der Waals surface area contributed by atoms with E-state index >= 15 is 0 Å². The number of non-ortho nitro benzene ring substituents is 1. The molecule has 0 aliphatic carbocycles. The largest absolute Gasteiger partial charge is 0.304 e. The summed E-state index contributed by atoms with van der Waals surface area (Å²) >= 11 is 2.90. The quantitative estimate of drug-likeness (QED) is 0.264. The maximum absolute atomic E-state index is 12.3. The Bertz CT molecular complexity index is 1140. The molecule has 0 bridgehead atoms. The van der Waals surface area contributed by atoms with Gasteiger partial charge in [-0.3, -0.25) is 14.9 Å². The Morgan fingerprint density at radius 2 is 2.07 bits per heavy atom. The second-order valence-corrected chi connectivity index (χ2v) is 8.18. The van der Waals surface area contributed by atoms with Gasteiger partial charge in [0.15, 0.2) is 4.80 Å². The highest BCUT2D eigenvalue weighted by molar-refractivity contribution is 7.99. The van der Waals surface area contributed by atoms with Crippen molar-refractivity contribution >= 4 is 44.9 Å². The summed E-state index contributed by atoms with van der Waals surface area (Å²) in [6.45, 7) is 2.22. The van der Waals surface area contributed by atoms with E-state index in [0.29, 0.717) is 22.5 Å². The van der Waals surface area contributed by atoms with E-state index in [2.05, 4.69) is 10.9 Å². The molecule has 3 aromatic rings. The van der Waals surface area contributed by atoms with E-state index in [1.165, 1.54) is 29.0 Å². The summed E-state index contributed by atoms with van der Waals surface area (Å²) < 4.78 is 2.46. The number of thioether (sulfide) groups is 1. The van der Waals surface area contributed by atoms with Gasteiger partial charge in [0.2, 0.25) is 5.91 Å². The minimum Gasteiger partial charge on any atom is -0.304 e. The fourth-order valence-corrected chi connectivity index (χ4v) is 4.42. The second kappa shape index (κ2) is 8.87. The third-order valence-electron chi connectivity index (χ3n) is 3.95. The lowest BCUT2D eigenvalue weighted by Crippen LogP contribution is -2.16. The van der Waals surface area contributed by atoms with Gasteiger partial charge in [0.1, 0.15) is 0 Å². The Morgan fingerprint density at radius 1 is 1.32 bits per heavy atom. The van der Waals surface area contributed by atoms with Gasteiger partial charge in [-0.15, -0.1) is 18.2 Å². The van der Waals surface area contributed by atoms with Gasteiger partial charge in [-0.2, -0.15) is 4.99 Å². The van der Waals surface area contributed by atoms with Gasteiger partial charge in [0.25, 0.3) is 5.69 Å². The standard InChI is InChI=1S/C20H17N3O3S2/c1-3-11-22-17-13-15(23(25)26)6-9-18(17)28-20(22)21-19(24)10-12-27-16-7-4-14(2)5-8-16/h1,4-9,13H,10-12H2,2H3. The number of thiazole rings is 1. The van der Waals surface area contributed by atoms with Crippen molar-refractivity contribution in [3.05, 3.63) is 62.9 Å². The molecule has 0 aliphatic rings. The molecule has 1 amide bonds. The molecule has 0 radical (unpaired) electrons. The van der Waals surface area contributed by atoms with Crippen LogP contribution < -0.4 is 4.80 Å². The average Bonchev–Trinajstić information content (AvgIpc) is 3.00. The van der Waals surface area contributed by atoms with Crippen molar-refractivity contribution in [1.29, 1.82) is 0 Å². The molecule has 0 saturated heterocycles. The van der Waals surface area contributed by atoms with Crippen LogP contribution in [0.2, 0.25) is 0 Å². The summed E-state index contributed by atoms with van der Waals surface area (Å²) in [5.41, 5.74) is 1.78. The molecule has 142 valence electrons. The number of aryl methyl sites for hydroxylation is 1. The maximum Gasteiger partial charge on any atom is 0.271 e. The second-order valence-electron chi connectivity index (χ2n) is 6.00. The molecule has 2 aromatic carbocycles. The first-order valence-corrected chi connectivity index (χ1v) is 10.3. The van der Waals surface area contributed by atoms with Crippen LogP contribution in [0.3, 0.4) is 0 Å². The van der Waals surface area contributed by atoms with Crippen molar-refractivity contribution in [3.63, 3.8) is 0 Å². The fourth-order valence-electron chi connectivity index (χ4n) is 2.55. The number of hydrogen-bond acceptors (Lipinski definition) is 5. The van der Waals surface area contributed by atoms with Gasteiger partial charge in [-0.1, -0.05) is 35.0 Å². The van der Waals surface area contributed by atoms with Crippen LogP contribution in [0.1, 0.15) is 12.0 Å². The molecule has 3 rings (SSSR count). The van der Waals surface area contributed by atoms with Gasteiger partial charge in [0, 0.05) is 29.2 Å². The third-order valence-corrected chi connectivity index (χ3v) is 6.02. The number of hydrogen-bond donors (Lipinski definition) is 0. The molecule has 0 spiro atoms. The van der Waals surface area contributed by atoms with Crippen LogP contribution in [0.15, 0.2) is 52.4 Å². The zero-order valence-corrected chi connectivity index (χ0v) is 16.8. The first kappa shape index (κ1) is 19.9. The molecule has 28 heavy (non-hydrogen) atoms. The van der Waals surface area contributed by atoms with Crippen LogP contribution in [0.25, 0.3) is 10.2 Å². The molecule has 0 saturated carbocycles. The van der Waals surface area contributed by atoms with Crippen LogP contribution in [0.5, 0.6) is 0 Å². The number of carbonyl (C=O) groups excluding carboxylic acids is 1. The van der Waals surface area contributed by atoms with Crippen molar-refractivity contribution in [1.82, 2.24) is 4.57 Å². The number of carbonyl (C=O) groups is 1. The van der Waals surface area contributed by atoms with Gasteiger partial charge in [-0.05, 0) is 25.1 Å². The number of rotatable bonds is 6. The number of nitro benzene ring substituents is 1. The van der Waals surface area contributed by atoms with Crippen molar-refractivity contribution in [2.24, 2.45) is 4.99 Å². The predicted octanol–water partition coefficient (Wildman–Crippen LogP) is 4.16. The van der Waals surface area contributed by atoms with E-state index in [0.717, 1.165) is 9.60 Å². The lowest BCUT2D eigenvalue weighted by atomic mass is 10.2. The topological polar surface area (TPSA) is 77.5 Å². The lowest BCUT2D eigenvalue weighted by Gasteiger charge is -2.01. The SMILES string of the molecule is C#CCn1c(=NC(=O)CCSc2ccc(C)cc2)sc2ccc([N+](=O)[O-])cc21. The summed E-state index contributed by atoms with van der Waals surface area (Å²) in [6.07, 6.45) is 5.73. The summed E-state index contributed by atoms with van der Waals surface area (Å²) in [6, 6.07) is 12.7. The number of benzene rings is 2. The van der Waals surface area contributed by atoms with Gasteiger partial charge >= 0.3 is 0 Å². The summed E-state index contributed by atoms with van der Waals surface area (Å²) in [4.78, 5) is 28.7. The monoisotopic (exact) mass is 411 g/mol. The number of terminal acetylenes is 1. The zero-order valence-electron chi connectivity index (χ0n) is 15.1. The van der Waals surface area contributed by atoms with Gasteiger partial charge < -0.3 is 4.57 Å². The molecule has 0 N–H and O–H groups in total. The fraction of sp³-hybridized carbons (Fsp3) is 0.200. The van der Waals surface area contributed by atoms with Crippen molar-refractivity contribution < 1.29 is 9.72 Å². The maximum atomic E-state index is 12.3. The van der Waals surface area contributed by atoms with Crippen LogP contribution in [0, 0.1) is 29.4 Å². The first-order chi connectivity index (χ1) is 13.5. The summed E-state index contributed by atoms with van der Waals surface area (Å²) in [5.74, 6) is 2.90. The Labute approximate surface area is 170 Å². The number of fused-ring (bicyclic) bond motifs is 1. The number of nitro groups is 1. The van der Waals surface area contributed by atoms with Crippen LogP contribution in [-0.2, 0) is 11.3 Å². The minimum atomic E-state index is -0.457. The lowest BCUT2D eigenvalue weighted by molar-refractivity contribution is -0.384. The van der Waals surface area contributed by atoms with E-state index in [-0.39, 0.29) is 18.1 Å². The van der Waals surface area contributed by atoms with E-state index in [1.54, 1.807) is 22.4 Å². The molecule has 0 fully saturated rings. The molecule has 1 heterocycles. The molecule has 1 aromatic heterocycles. The molecule has 8 heteroatoms. The number of amides is 1. The van der Waals surface area contributed by atoms with Gasteiger partial charge in [-0.25, -0.2) is 0 Å². The number of aromatic nitrogens is 1. The smallest absolute Gasteiger partial charge is 0.271 e. The Balaban J connectivity index is 1.80. The Morgan fingerprint density at radius 3 is 2.75 bits per heavy atom.